The van der Waals surface area contributed by atoms with Gasteiger partial charge in [-0.1, -0.05) is 7.92 Å². The van der Waals surface area contributed by atoms with E-state index in [-0.39, 0.29) is 0 Å². The van der Waals surface area contributed by atoms with Crippen molar-refractivity contribution >= 4 is 52.6 Å². The summed E-state index contributed by atoms with van der Waals surface area (Å²) in [5, 5.41) is 5.65. The number of rotatable bonds is 7. The van der Waals surface area contributed by atoms with Crippen molar-refractivity contribution in [2.24, 2.45) is 0 Å². The normalized spacial score (nSPS) is 17.1. The lowest BCUT2D eigenvalue weighted by molar-refractivity contribution is 0.0982. The van der Waals surface area contributed by atoms with Gasteiger partial charge in [0, 0.05) is 92.5 Å². The first-order valence-electron chi connectivity index (χ1n) is 15.8. The Kier molecular flexibility index (Phi) is 8.29. The third kappa shape index (κ3) is 5.83. The molecular weight excluding hydrogens is 581 g/mol. The van der Waals surface area contributed by atoms with E-state index in [1.165, 1.54) is 55.6 Å². The largest absolute Gasteiger partial charge is 0.494 e. The average molecular weight is 624 g/mol. The predicted molar refractivity (Wildman–Crippen MR) is 186 cm³/mol. The standard InChI is InChI=1S/C34H42N9OP/c1-23-20-27(30(44-3)21-29(23)42-13-9-25(10-14-42)41-18-16-40(2)17-19-41)38-34-37-22-24-8-15-43(33(24)39-34)28-7-6-26-31(32(28)45(4)5)36-12-11-35-26/h6-8,11-12,15,20-22,25H,9-10,13-14,16-19H2,1-5H3,(H,37,38,39). The van der Waals surface area contributed by atoms with E-state index in [0.717, 1.165) is 52.3 Å². The summed E-state index contributed by atoms with van der Waals surface area (Å²) in [5.74, 6) is 1.31. The Morgan fingerprint density at radius 2 is 1.69 bits per heavy atom. The molecular formula is C34H42N9OP. The molecule has 5 aromatic rings. The predicted octanol–water partition coefficient (Wildman–Crippen LogP) is 5.01. The van der Waals surface area contributed by atoms with Crippen LogP contribution in [0.5, 0.6) is 5.75 Å². The van der Waals surface area contributed by atoms with Crippen LogP contribution < -0.4 is 20.3 Å². The Balaban J connectivity index is 1.14. The molecule has 0 amide bonds. The highest BCUT2D eigenvalue weighted by molar-refractivity contribution is 7.64. The van der Waals surface area contributed by atoms with Crippen LogP contribution >= 0.6 is 7.92 Å². The van der Waals surface area contributed by atoms with Crippen LogP contribution in [-0.4, -0.2) is 107 Å². The van der Waals surface area contributed by atoms with Gasteiger partial charge in [-0.15, -0.1) is 0 Å². The molecule has 2 aliphatic heterocycles. The number of nitrogens with zero attached hydrogens (tertiary/aromatic N) is 8. The minimum atomic E-state index is -0.458. The number of fused-ring (bicyclic) bond motifs is 2. The van der Waals surface area contributed by atoms with Gasteiger partial charge in [-0.05, 0) is 70.0 Å². The van der Waals surface area contributed by atoms with Crippen molar-refractivity contribution in [2.75, 3.05) is 77.0 Å². The molecule has 2 fully saturated rings. The van der Waals surface area contributed by atoms with Crippen LogP contribution in [0.1, 0.15) is 18.4 Å². The summed E-state index contributed by atoms with van der Waals surface area (Å²) in [7, 11) is 3.50. The first-order chi connectivity index (χ1) is 21.9. The molecule has 0 radical (unpaired) electrons. The van der Waals surface area contributed by atoms with Crippen LogP contribution in [-0.2, 0) is 0 Å². The van der Waals surface area contributed by atoms with Crippen molar-refractivity contribution in [1.82, 2.24) is 34.3 Å². The van der Waals surface area contributed by atoms with Crippen LogP contribution in [0.25, 0.3) is 27.8 Å². The van der Waals surface area contributed by atoms with Gasteiger partial charge < -0.3 is 24.4 Å². The molecule has 3 aromatic heterocycles. The smallest absolute Gasteiger partial charge is 0.229 e. The van der Waals surface area contributed by atoms with Crippen LogP contribution in [0.3, 0.4) is 0 Å². The molecule has 5 heterocycles. The van der Waals surface area contributed by atoms with E-state index >= 15 is 0 Å². The first kappa shape index (κ1) is 29.8. The van der Waals surface area contributed by atoms with Crippen LogP contribution in [0.2, 0.25) is 0 Å². The number of methoxy groups -OCH3 is 1. The van der Waals surface area contributed by atoms with E-state index < -0.39 is 7.92 Å². The van der Waals surface area contributed by atoms with Crippen molar-refractivity contribution < 1.29 is 4.74 Å². The molecule has 0 unspecified atom stereocenters. The topological polar surface area (TPSA) is 87.5 Å². The highest BCUT2D eigenvalue weighted by atomic mass is 31.1. The molecule has 1 N–H and O–H groups in total. The van der Waals surface area contributed by atoms with Gasteiger partial charge in [0.25, 0.3) is 0 Å². The number of piperidine rings is 1. The van der Waals surface area contributed by atoms with E-state index in [0.29, 0.717) is 12.0 Å². The summed E-state index contributed by atoms with van der Waals surface area (Å²) in [4.78, 5) is 26.5. The zero-order valence-electron chi connectivity index (χ0n) is 26.9. The van der Waals surface area contributed by atoms with Crippen molar-refractivity contribution in [2.45, 2.75) is 25.8 Å². The van der Waals surface area contributed by atoms with Crippen molar-refractivity contribution in [3.05, 3.63) is 60.7 Å². The molecule has 2 saturated heterocycles. The highest BCUT2D eigenvalue weighted by Gasteiger charge is 2.28. The third-order valence-corrected chi connectivity index (χ3v) is 10.7. The number of anilines is 3. The van der Waals surface area contributed by atoms with Gasteiger partial charge in [-0.3, -0.25) is 14.9 Å². The lowest BCUT2D eigenvalue weighted by Gasteiger charge is -2.43. The number of hydrogen-bond donors (Lipinski definition) is 1. The molecule has 0 bridgehead atoms. The zero-order chi connectivity index (χ0) is 31.1. The summed E-state index contributed by atoms with van der Waals surface area (Å²) in [6.07, 6.45) is 9.85. The Hall–Kier alpha value is -3.85. The molecule has 0 atom stereocenters. The number of aryl methyl sites for hydroxylation is 1. The summed E-state index contributed by atoms with van der Waals surface area (Å²) in [6, 6.07) is 11.2. The third-order valence-electron chi connectivity index (χ3n) is 9.35. The molecule has 0 spiro atoms. The molecule has 234 valence electrons. The number of nitrogens with one attached hydrogen (secondary N) is 1. The van der Waals surface area contributed by atoms with E-state index in [2.05, 4.69) is 92.3 Å². The fourth-order valence-electron chi connectivity index (χ4n) is 6.88. The summed E-state index contributed by atoms with van der Waals surface area (Å²) >= 11 is 0. The van der Waals surface area contributed by atoms with Gasteiger partial charge >= 0.3 is 0 Å². The molecule has 2 aromatic carbocycles. The minimum absolute atomic E-state index is 0.458. The molecule has 0 aliphatic carbocycles. The molecule has 45 heavy (non-hydrogen) atoms. The average Bonchev–Trinajstić information content (AvgIpc) is 3.48. The van der Waals surface area contributed by atoms with Crippen molar-refractivity contribution in [3.63, 3.8) is 0 Å². The number of aromatic nitrogens is 5. The van der Waals surface area contributed by atoms with Gasteiger partial charge in [-0.25, -0.2) is 4.98 Å². The molecule has 7 rings (SSSR count). The Morgan fingerprint density at radius 1 is 0.911 bits per heavy atom. The van der Waals surface area contributed by atoms with E-state index in [1.807, 2.05) is 12.3 Å². The Bertz CT molecular complexity index is 1820. The molecule has 10 nitrogen and oxygen atoms in total. The summed E-state index contributed by atoms with van der Waals surface area (Å²) in [6.45, 7) is 13.5. The van der Waals surface area contributed by atoms with Crippen molar-refractivity contribution in [3.8, 4) is 11.4 Å². The number of hydrogen-bond acceptors (Lipinski definition) is 9. The molecule has 0 saturated carbocycles. The quantitative estimate of drug-likeness (QED) is 0.252. The van der Waals surface area contributed by atoms with Crippen LogP contribution in [0.15, 0.2) is 55.1 Å². The molecule has 2 aliphatic rings. The van der Waals surface area contributed by atoms with E-state index in [4.69, 9.17) is 14.7 Å². The fourth-order valence-corrected chi connectivity index (χ4v) is 8.12. The van der Waals surface area contributed by atoms with E-state index in [1.54, 1.807) is 19.5 Å². The maximum absolute atomic E-state index is 5.91. The van der Waals surface area contributed by atoms with Crippen molar-refractivity contribution in [1.29, 1.82) is 0 Å². The first-order valence-corrected chi connectivity index (χ1v) is 18.0. The minimum Gasteiger partial charge on any atom is -0.494 e. The monoisotopic (exact) mass is 623 g/mol. The van der Waals surface area contributed by atoms with Gasteiger partial charge in [0.15, 0.2) is 0 Å². The van der Waals surface area contributed by atoms with Crippen LogP contribution in [0.4, 0.5) is 17.3 Å². The Labute approximate surface area is 266 Å². The number of likely N-dealkylation sites (N-methyl/N-ethyl adjacent to an activating group) is 1. The second kappa shape index (κ2) is 12.5. The Morgan fingerprint density at radius 3 is 2.44 bits per heavy atom. The second-order valence-electron chi connectivity index (χ2n) is 12.4. The maximum atomic E-state index is 5.91. The second-order valence-corrected chi connectivity index (χ2v) is 14.7. The van der Waals surface area contributed by atoms with Gasteiger partial charge in [0.1, 0.15) is 11.4 Å². The number of ether oxygens (including phenoxy) is 1. The van der Waals surface area contributed by atoms with Gasteiger partial charge in [0.05, 0.1) is 29.5 Å². The zero-order valence-corrected chi connectivity index (χ0v) is 27.8. The summed E-state index contributed by atoms with van der Waals surface area (Å²) < 4.78 is 8.05. The van der Waals surface area contributed by atoms with Crippen LogP contribution in [0, 0.1) is 6.92 Å². The van der Waals surface area contributed by atoms with Gasteiger partial charge in [0.2, 0.25) is 5.95 Å². The fraction of sp³-hybridized carbons (Fsp3) is 0.412. The molecule has 11 heteroatoms. The van der Waals surface area contributed by atoms with E-state index in [9.17, 15) is 0 Å². The number of benzene rings is 2. The lowest BCUT2D eigenvalue weighted by Crippen LogP contribution is -2.52. The maximum Gasteiger partial charge on any atom is 0.229 e. The van der Waals surface area contributed by atoms with Gasteiger partial charge in [-0.2, -0.15) is 4.98 Å². The highest BCUT2D eigenvalue weighted by Crippen LogP contribution is 2.37. The summed E-state index contributed by atoms with van der Waals surface area (Å²) in [5.41, 5.74) is 7.08. The SMILES string of the molecule is COc1cc(N2CCC(N3CCN(C)CC3)CC2)c(C)cc1Nc1ncc2ccn(-c3ccc4nccnc4c3P(C)C)c2n1. The lowest BCUT2D eigenvalue weighted by atomic mass is 10.0. The number of piperazine rings is 1.